The van der Waals surface area contributed by atoms with E-state index in [0.717, 1.165) is 33.5 Å². The molecule has 3 aromatic carbocycles. The van der Waals surface area contributed by atoms with E-state index >= 15 is 0 Å². The fourth-order valence-electron chi connectivity index (χ4n) is 3.71. The van der Waals surface area contributed by atoms with Crippen molar-refractivity contribution < 1.29 is 9.32 Å². The number of hydrogen-bond donors (Lipinski definition) is 2. The zero-order valence-electron chi connectivity index (χ0n) is 18.9. The van der Waals surface area contributed by atoms with E-state index in [1.165, 1.54) is 6.33 Å². The van der Waals surface area contributed by atoms with Gasteiger partial charge in [-0.05, 0) is 61.4 Å². The number of amides is 1. The van der Waals surface area contributed by atoms with Gasteiger partial charge in [-0.15, -0.1) is 0 Å². The molecule has 34 heavy (non-hydrogen) atoms. The van der Waals surface area contributed by atoms with Gasteiger partial charge in [0.2, 0.25) is 5.91 Å². The standard InChI is InChI=1S/C27H23N5O2/c1-17-12-22-24(32-34-25(22)13-18(17)2)15-27(33)31-21-10-8-20(9-11-21)30-26-14-23(28-16-29-26)19-6-4-3-5-7-19/h3-14,16H,15H2,1-2H3,(H,31,33)(H,28,29,30). The number of aryl methyl sites for hydroxylation is 2. The monoisotopic (exact) mass is 449 g/mol. The van der Waals surface area contributed by atoms with Crippen LogP contribution >= 0.6 is 0 Å². The zero-order chi connectivity index (χ0) is 23.5. The molecule has 0 saturated carbocycles. The third-order valence-electron chi connectivity index (χ3n) is 5.67. The van der Waals surface area contributed by atoms with Crippen molar-refractivity contribution in [1.29, 1.82) is 0 Å². The fraction of sp³-hybridized carbons (Fsp3) is 0.111. The molecule has 7 nitrogen and oxygen atoms in total. The third kappa shape index (κ3) is 4.63. The summed E-state index contributed by atoms with van der Waals surface area (Å²) in [6.45, 7) is 4.06. The minimum absolute atomic E-state index is 0.138. The van der Waals surface area contributed by atoms with Gasteiger partial charge in [0.1, 0.15) is 17.8 Å². The highest BCUT2D eigenvalue weighted by Crippen LogP contribution is 2.24. The summed E-state index contributed by atoms with van der Waals surface area (Å²) in [5, 5.41) is 11.2. The molecular formula is C27H23N5O2. The Balaban J connectivity index is 1.24. The van der Waals surface area contributed by atoms with E-state index in [2.05, 4.69) is 25.8 Å². The van der Waals surface area contributed by atoms with Crippen LogP contribution in [0.2, 0.25) is 0 Å². The van der Waals surface area contributed by atoms with Gasteiger partial charge in [0, 0.05) is 28.4 Å². The lowest BCUT2D eigenvalue weighted by atomic mass is 10.1. The van der Waals surface area contributed by atoms with Crippen molar-refractivity contribution in [2.45, 2.75) is 20.3 Å². The van der Waals surface area contributed by atoms with Gasteiger partial charge < -0.3 is 15.2 Å². The molecule has 2 heterocycles. The predicted octanol–water partition coefficient (Wildman–Crippen LogP) is 5.83. The van der Waals surface area contributed by atoms with Gasteiger partial charge in [-0.2, -0.15) is 0 Å². The molecule has 2 aromatic heterocycles. The molecule has 168 valence electrons. The van der Waals surface area contributed by atoms with E-state index in [9.17, 15) is 4.79 Å². The third-order valence-corrected chi connectivity index (χ3v) is 5.67. The number of carbonyl (C=O) groups is 1. The largest absolute Gasteiger partial charge is 0.356 e. The highest BCUT2D eigenvalue weighted by atomic mass is 16.5. The van der Waals surface area contributed by atoms with Crippen molar-refractivity contribution in [2.24, 2.45) is 0 Å². The van der Waals surface area contributed by atoms with Crippen LogP contribution in [0.4, 0.5) is 17.2 Å². The lowest BCUT2D eigenvalue weighted by Crippen LogP contribution is -2.14. The maximum atomic E-state index is 12.6. The average molecular weight is 450 g/mol. The fourth-order valence-corrected chi connectivity index (χ4v) is 3.71. The quantitative estimate of drug-likeness (QED) is 0.339. The van der Waals surface area contributed by atoms with E-state index in [-0.39, 0.29) is 12.3 Å². The van der Waals surface area contributed by atoms with Crippen LogP contribution in [0.25, 0.3) is 22.2 Å². The van der Waals surface area contributed by atoms with Crippen LogP contribution in [0.1, 0.15) is 16.8 Å². The first kappa shape index (κ1) is 21.3. The van der Waals surface area contributed by atoms with Crippen LogP contribution in [0.3, 0.4) is 0 Å². The minimum atomic E-state index is -0.155. The molecule has 0 fully saturated rings. The van der Waals surface area contributed by atoms with E-state index < -0.39 is 0 Å². The Kier molecular flexibility index (Phi) is 5.74. The molecule has 0 unspecified atom stereocenters. The van der Waals surface area contributed by atoms with Gasteiger partial charge in [0.15, 0.2) is 5.58 Å². The topological polar surface area (TPSA) is 92.9 Å². The van der Waals surface area contributed by atoms with Crippen LogP contribution in [-0.4, -0.2) is 21.0 Å². The lowest BCUT2D eigenvalue weighted by molar-refractivity contribution is -0.115. The van der Waals surface area contributed by atoms with Gasteiger partial charge in [-0.1, -0.05) is 35.5 Å². The van der Waals surface area contributed by atoms with Crippen LogP contribution in [-0.2, 0) is 11.2 Å². The molecule has 0 radical (unpaired) electrons. The highest BCUT2D eigenvalue weighted by molar-refractivity contribution is 5.95. The number of rotatable bonds is 6. The summed E-state index contributed by atoms with van der Waals surface area (Å²) in [5.74, 6) is 0.534. The number of anilines is 3. The summed E-state index contributed by atoms with van der Waals surface area (Å²) in [6.07, 6.45) is 1.67. The molecule has 1 amide bonds. The summed E-state index contributed by atoms with van der Waals surface area (Å²) in [4.78, 5) is 21.2. The zero-order valence-corrected chi connectivity index (χ0v) is 18.9. The lowest BCUT2D eigenvalue weighted by Gasteiger charge is -2.09. The second kappa shape index (κ2) is 9.15. The number of carbonyl (C=O) groups excluding carboxylic acids is 1. The highest BCUT2D eigenvalue weighted by Gasteiger charge is 2.14. The average Bonchev–Trinajstić information content (AvgIpc) is 3.22. The van der Waals surface area contributed by atoms with E-state index in [0.29, 0.717) is 22.8 Å². The number of fused-ring (bicyclic) bond motifs is 1. The predicted molar refractivity (Wildman–Crippen MR) is 133 cm³/mol. The Bertz CT molecular complexity index is 1460. The molecule has 0 aliphatic carbocycles. The summed E-state index contributed by atoms with van der Waals surface area (Å²) < 4.78 is 5.40. The van der Waals surface area contributed by atoms with Gasteiger partial charge in [0.05, 0.1) is 12.1 Å². The molecule has 0 saturated heterocycles. The smallest absolute Gasteiger partial charge is 0.230 e. The van der Waals surface area contributed by atoms with E-state index in [1.807, 2.05) is 86.6 Å². The van der Waals surface area contributed by atoms with Crippen LogP contribution in [0.5, 0.6) is 0 Å². The van der Waals surface area contributed by atoms with Crippen molar-refractivity contribution in [3.05, 3.63) is 95.9 Å². The number of benzene rings is 3. The number of nitrogens with one attached hydrogen (secondary N) is 2. The van der Waals surface area contributed by atoms with Gasteiger partial charge in [-0.3, -0.25) is 4.79 Å². The first-order valence-electron chi connectivity index (χ1n) is 10.9. The van der Waals surface area contributed by atoms with Crippen molar-refractivity contribution in [3.63, 3.8) is 0 Å². The summed E-state index contributed by atoms with van der Waals surface area (Å²) in [5.41, 5.74) is 7.01. The normalized spacial score (nSPS) is 10.9. The number of nitrogens with zero attached hydrogens (tertiary/aromatic N) is 3. The minimum Gasteiger partial charge on any atom is -0.356 e. The molecule has 0 aliphatic rings. The first-order chi connectivity index (χ1) is 16.5. The molecule has 5 aromatic rings. The van der Waals surface area contributed by atoms with Crippen molar-refractivity contribution in [2.75, 3.05) is 10.6 Å². The summed E-state index contributed by atoms with van der Waals surface area (Å²) in [7, 11) is 0. The molecular weight excluding hydrogens is 426 g/mol. The number of aromatic nitrogens is 3. The Morgan fingerprint density at radius 3 is 2.41 bits per heavy atom. The second-order valence-corrected chi connectivity index (χ2v) is 8.14. The van der Waals surface area contributed by atoms with Gasteiger partial charge in [-0.25, -0.2) is 9.97 Å². The van der Waals surface area contributed by atoms with E-state index in [4.69, 9.17) is 4.52 Å². The SMILES string of the molecule is Cc1cc2onc(CC(=O)Nc3ccc(Nc4cc(-c5ccccc5)ncn4)cc3)c2cc1C. The molecule has 0 aliphatic heterocycles. The molecule has 5 rings (SSSR count). The number of hydrogen-bond acceptors (Lipinski definition) is 6. The van der Waals surface area contributed by atoms with Crippen LogP contribution in [0.15, 0.2) is 83.6 Å². The Morgan fingerprint density at radius 2 is 1.62 bits per heavy atom. The summed E-state index contributed by atoms with van der Waals surface area (Å²) in [6, 6.07) is 23.3. The first-order valence-corrected chi connectivity index (χ1v) is 10.9. The van der Waals surface area contributed by atoms with Crippen LogP contribution < -0.4 is 10.6 Å². The van der Waals surface area contributed by atoms with Crippen molar-refractivity contribution in [3.8, 4) is 11.3 Å². The van der Waals surface area contributed by atoms with Crippen LogP contribution in [0, 0.1) is 13.8 Å². The summed E-state index contributed by atoms with van der Waals surface area (Å²) >= 11 is 0. The van der Waals surface area contributed by atoms with Gasteiger partial charge in [0.25, 0.3) is 0 Å². The molecule has 2 N–H and O–H groups in total. The Morgan fingerprint density at radius 1 is 0.882 bits per heavy atom. The van der Waals surface area contributed by atoms with E-state index in [1.54, 1.807) is 0 Å². The molecule has 0 bridgehead atoms. The van der Waals surface area contributed by atoms with Crippen molar-refractivity contribution >= 4 is 34.1 Å². The second-order valence-electron chi connectivity index (χ2n) is 8.14. The maximum Gasteiger partial charge on any atom is 0.230 e. The Labute approximate surface area is 196 Å². The maximum absolute atomic E-state index is 12.6. The van der Waals surface area contributed by atoms with Gasteiger partial charge >= 0.3 is 0 Å². The molecule has 7 heteroatoms. The Hall–Kier alpha value is -4.52. The van der Waals surface area contributed by atoms with Crippen molar-refractivity contribution in [1.82, 2.24) is 15.1 Å². The molecule has 0 spiro atoms. The molecule has 0 atom stereocenters.